The fraction of sp³-hybridized carbons (Fsp3) is 0.375. The fourth-order valence-electron chi connectivity index (χ4n) is 2.11. The number of carbonyl (C=O) groups excluding carboxylic acids is 1. The molecular formula is C16H20FN3O2. The topological polar surface area (TPSA) is 56.1 Å². The predicted octanol–water partition coefficient (Wildman–Crippen LogP) is 2.48. The second kappa shape index (κ2) is 7.70. The van der Waals surface area contributed by atoms with Crippen molar-refractivity contribution in [1.29, 1.82) is 0 Å². The number of amides is 1. The van der Waals surface area contributed by atoms with Crippen LogP contribution in [0, 0.1) is 12.7 Å². The maximum absolute atomic E-state index is 13.8. The standard InChI is InChI=1S/C16H20FN3O2/c1-3-22-10-6-9-18-16(21)13-11-19-20(12(13)2)15-8-5-4-7-14(15)17/h4-5,7-8,11H,3,6,9-10H2,1-2H3,(H,18,21). The van der Waals surface area contributed by atoms with Gasteiger partial charge in [0.1, 0.15) is 11.5 Å². The highest BCUT2D eigenvalue weighted by Gasteiger charge is 2.16. The van der Waals surface area contributed by atoms with Gasteiger partial charge in [-0.15, -0.1) is 0 Å². The average molecular weight is 305 g/mol. The summed E-state index contributed by atoms with van der Waals surface area (Å²) in [6, 6.07) is 6.33. The number of rotatable bonds is 7. The van der Waals surface area contributed by atoms with Gasteiger partial charge in [-0.3, -0.25) is 4.79 Å². The molecule has 22 heavy (non-hydrogen) atoms. The molecule has 0 aliphatic carbocycles. The van der Waals surface area contributed by atoms with Crippen molar-refractivity contribution in [3.05, 3.63) is 47.5 Å². The zero-order valence-electron chi connectivity index (χ0n) is 12.8. The van der Waals surface area contributed by atoms with E-state index >= 15 is 0 Å². The van der Waals surface area contributed by atoms with E-state index in [1.54, 1.807) is 25.1 Å². The van der Waals surface area contributed by atoms with Crippen LogP contribution < -0.4 is 5.32 Å². The van der Waals surface area contributed by atoms with E-state index in [1.165, 1.54) is 16.9 Å². The summed E-state index contributed by atoms with van der Waals surface area (Å²) in [6.45, 7) is 5.49. The molecule has 0 spiro atoms. The number of nitrogens with one attached hydrogen (secondary N) is 1. The lowest BCUT2D eigenvalue weighted by molar-refractivity contribution is 0.0943. The predicted molar refractivity (Wildman–Crippen MR) is 81.7 cm³/mol. The third-order valence-electron chi connectivity index (χ3n) is 3.29. The minimum Gasteiger partial charge on any atom is -0.382 e. The molecule has 0 saturated carbocycles. The first-order valence-corrected chi connectivity index (χ1v) is 7.30. The summed E-state index contributed by atoms with van der Waals surface area (Å²) in [5, 5.41) is 6.93. The van der Waals surface area contributed by atoms with Crippen molar-refractivity contribution >= 4 is 5.91 Å². The van der Waals surface area contributed by atoms with Crippen molar-refractivity contribution in [2.75, 3.05) is 19.8 Å². The number of benzene rings is 1. The van der Waals surface area contributed by atoms with Crippen LogP contribution in [0.3, 0.4) is 0 Å². The van der Waals surface area contributed by atoms with Gasteiger partial charge in [-0.1, -0.05) is 12.1 Å². The number of hydrogen-bond donors (Lipinski definition) is 1. The van der Waals surface area contributed by atoms with E-state index in [4.69, 9.17) is 4.74 Å². The molecule has 0 aliphatic heterocycles. The molecular weight excluding hydrogens is 285 g/mol. The Labute approximate surface area is 129 Å². The molecule has 1 aromatic carbocycles. The first-order chi connectivity index (χ1) is 10.6. The van der Waals surface area contributed by atoms with Gasteiger partial charge in [0.2, 0.25) is 0 Å². The molecule has 1 heterocycles. The van der Waals surface area contributed by atoms with Gasteiger partial charge in [-0.05, 0) is 32.4 Å². The van der Waals surface area contributed by atoms with Crippen molar-refractivity contribution < 1.29 is 13.9 Å². The van der Waals surface area contributed by atoms with E-state index in [-0.39, 0.29) is 11.7 Å². The Morgan fingerprint density at radius 2 is 2.18 bits per heavy atom. The molecule has 1 aromatic heterocycles. The Kier molecular flexibility index (Phi) is 5.66. The van der Waals surface area contributed by atoms with Crippen LogP contribution in [0.4, 0.5) is 4.39 Å². The largest absolute Gasteiger partial charge is 0.382 e. The minimum absolute atomic E-state index is 0.211. The lowest BCUT2D eigenvalue weighted by atomic mass is 10.2. The molecule has 0 unspecified atom stereocenters. The van der Waals surface area contributed by atoms with Gasteiger partial charge in [0.25, 0.3) is 5.91 Å². The SMILES string of the molecule is CCOCCCNC(=O)c1cnn(-c2ccccc2F)c1C. The molecule has 0 atom stereocenters. The quantitative estimate of drug-likeness (QED) is 0.800. The van der Waals surface area contributed by atoms with Crippen LogP contribution in [-0.4, -0.2) is 35.4 Å². The summed E-state index contributed by atoms with van der Waals surface area (Å²) in [4.78, 5) is 12.1. The Morgan fingerprint density at radius 3 is 2.91 bits per heavy atom. The monoisotopic (exact) mass is 305 g/mol. The van der Waals surface area contributed by atoms with E-state index in [9.17, 15) is 9.18 Å². The first-order valence-electron chi connectivity index (χ1n) is 7.30. The zero-order chi connectivity index (χ0) is 15.9. The number of aromatic nitrogens is 2. The summed E-state index contributed by atoms with van der Waals surface area (Å²) < 4.78 is 20.5. The smallest absolute Gasteiger partial charge is 0.254 e. The molecule has 1 amide bonds. The molecule has 5 nitrogen and oxygen atoms in total. The Morgan fingerprint density at radius 1 is 1.41 bits per heavy atom. The van der Waals surface area contributed by atoms with Gasteiger partial charge >= 0.3 is 0 Å². The summed E-state index contributed by atoms with van der Waals surface area (Å²) in [6.07, 6.45) is 2.21. The maximum Gasteiger partial charge on any atom is 0.254 e. The van der Waals surface area contributed by atoms with Gasteiger partial charge < -0.3 is 10.1 Å². The molecule has 2 rings (SSSR count). The highest BCUT2D eigenvalue weighted by atomic mass is 19.1. The molecule has 6 heteroatoms. The van der Waals surface area contributed by atoms with Crippen molar-refractivity contribution in [2.45, 2.75) is 20.3 Å². The van der Waals surface area contributed by atoms with Crippen LogP contribution in [0.2, 0.25) is 0 Å². The van der Waals surface area contributed by atoms with Crippen molar-refractivity contribution in [3.8, 4) is 5.69 Å². The second-order valence-corrected chi connectivity index (χ2v) is 4.81. The molecule has 0 radical (unpaired) electrons. The summed E-state index contributed by atoms with van der Waals surface area (Å²) in [7, 11) is 0. The summed E-state index contributed by atoms with van der Waals surface area (Å²) in [5.41, 5.74) is 1.38. The van der Waals surface area contributed by atoms with Gasteiger partial charge in [-0.25, -0.2) is 9.07 Å². The van der Waals surface area contributed by atoms with E-state index in [0.717, 1.165) is 6.42 Å². The molecule has 0 bridgehead atoms. The third-order valence-corrected chi connectivity index (χ3v) is 3.29. The second-order valence-electron chi connectivity index (χ2n) is 4.81. The number of para-hydroxylation sites is 1. The minimum atomic E-state index is -0.377. The molecule has 118 valence electrons. The van der Waals surface area contributed by atoms with E-state index in [2.05, 4.69) is 10.4 Å². The zero-order valence-corrected chi connectivity index (χ0v) is 12.8. The average Bonchev–Trinajstić information content (AvgIpc) is 2.89. The number of halogens is 1. The highest BCUT2D eigenvalue weighted by molar-refractivity contribution is 5.95. The van der Waals surface area contributed by atoms with Gasteiger partial charge in [-0.2, -0.15) is 5.10 Å². The maximum atomic E-state index is 13.8. The third kappa shape index (κ3) is 3.71. The van der Waals surface area contributed by atoms with Crippen LogP contribution in [0.25, 0.3) is 5.69 Å². The highest BCUT2D eigenvalue weighted by Crippen LogP contribution is 2.16. The number of carbonyl (C=O) groups is 1. The van der Waals surface area contributed by atoms with Gasteiger partial charge in [0.15, 0.2) is 0 Å². The summed E-state index contributed by atoms with van der Waals surface area (Å²) >= 11 is 0. The Balaban J connectivity index is 2.05. The van der Waals surface area contributed by atoms with Crippen LogP contribution in [0.5, 0.6) is 0 Å². The van der Waals surface area contributed by atoms with E-state index < -0.39 is 0 Å². The number of nitrogens with zero attached hydrogens (tertiary/aromatic N) is 2. The van der Waals surface area contributed by atoms with Crippen molar-refractivity contribution in [3.63, 3.8) is 0 Å². The number of ether oxygens (including phenoxy) is 1. The van der Waals surface area contributed by atoms with Crippen LogP contribution in [-0.2, 0) is 4.74 Å². The van der Waals surface area contributed by atoms with Gasteiger partial charge in [0, 0.05) is 19.8 Å². The first kappa shape index (κ1) is 16.2. The molecule has 0 fully saturated rings. The molecule has 0 aliphatic rings. The van der Waals surface area contributed by atoms with Crippen LogP contribution in [0.1, 0.15) is 29.4 Å². The molecule has 1 N–H and O–H groups in total. The van der Waals surface area contributed by atoms with Crippen molar-refractivity contribution in [2.24, 2.45) is 0 Å². The van der Waals surface area contributed by atoms with E-state index in [0.29, 0.717) is 36.7 Å². The Bertz CT molecular complexity index is 640. The molecule has 2 aromatic rings. The lowest BCUT2D eigenvalue weighted by Crippen LogP contribution is -2.25. The summed E-state index contributed by atoms with van der Waals surface area (Å²) in [5.74, 6) is -0.589. The van der Waals surface area contributed by atoms with Crippen molar-refractivity contribution in [1.82, 2.24) is 15.1 Å². The molecule has 0 saturated heterocycles. The normalized spacial score (nSPS) is 10.7. The number of hydrogen-bond acceptors (Lipinski definition) is 3. The lowest BCUT2D eigenvalue weighted by Gasteiger charge is -2.07. The van der Waals surface area contributed by atoms with Crippen LogP contribution in [0.15, 0.2) is 30.5 Å². The van der Waals surface area contributed by atoms with E-state index in [1.807, 2.05) is 6.92 Å². The van der Waals surface area contributed by atoms with Crippen LogP contribution >= 0.6 is 0 Å². The Hall–Kier alpha value is -2.21. The fourth-order valence-corrected chi connectivity index (χ4v) is 2.11. The van der Waals surface area contributed by atoms with Gasteiger partial charge in [0.05, 0.1) is 17.5 Å².